The number of pyridine rings is 1. The van der Waals surface area contributed by atoms with E-state index in [1.54, 1.807) is 6.20 Å². The van der Waals surface area contributed by atoms with Gasteiger partial charge in [0, 0.05) is 44.0 Å². The number of nitrogens with one attached hydrogen (secondary N) is 1. The van der Waals surface area contributed by atoms with Gasteiger partial charge < -0.3 is 14.8 Å². The van der Waals surface area contributed by atoms with E-state index >= 15 is 0 Å². The molecule has 0 amide bonds. The Kier molecular flexibility index (Phi) is 6.31. The van der Waals surface area contributed by atoms with E-state index in [9.17, 15) is 0 Å². The largest absolute Gasteiger partial charge is 0.454 e. The zero-order valence-electron chi connectivity index (χ0n) is 19.5. The average molecular weight is 534 g/mol. The van der Waals surface area contributed by atoms with Gasteiger partial charge in [-0.2, -0.15) is 5.10 Å². The van der Waals surface area contributed by atoms with Crippen molar-refractivity contribution in [1.82, 2.24) is 25.0 Å². The van der Waals surface area contributed by atoms with E-state index < -0.39 is 0 Å². The highest BCUT2D eigenvalue weighted by atomic mass is 79.9. The van der Waals surface area contributed by atoms with E-state index in [-0.39, 0.29) is 0 Å². The lowest BCUT2D eigenvalue weighted by atomic mass is 9.89. The molecule has 0 bridgehead atoms. The Hall–Kier alpha value is -3.10. The molecular weight excluding hydrogens is 506 g/mol. The Morgan fingerprint density at radius 2 is 2.11 bits per heavy atom. The van der Waals surface area contributed by atoms with E-state index in [1.165, 1.54) is 24.0 Å². The van der Waals surface area contributed by atoms with Crippen LogP contribution in [0.5, 0.6) is 11.5 Å². The summed E-state index contributed by atoms with van der Waals surface area (Å²) in [4.78, 5) is 6.79. The predicted octanol–water partition coefficient (Wildman–Crippen LogP) is 4.75. The molecule has 6 rings (SSSR count). The summed E-state index contributed by atoms with van der Waals surface area (Å²) in [6, 6.07) is 10.2. The maximum Gasteiger partial charge on any atom is 0.231 e. The molecule has 1 fully saturated rings. The Morgan fingerprint density at radius 3 is 3.03 bits per heavy atom. The molecule has 0 spiro atoms. The average Bonchev–Trinajstić information content (AvgIpc) is 3.47. The second-order valence-corrected chi connectivity index (χ2v) is 10.1. The van der Waals surface area contributed by atoms with Gasteiger partial charge in [0.05, 0.1) is 16.4 Å². The fraction of sp³-hybridized carbons (Fsp3) is 0.333. The number of nitrogens with zero attached hydrogens (tertiary/aromatic N) is 4. The lowest BCUT2D eigenvalue weighted by Gasteiger charge is -2.33. The van der Waals surface area contributed by atoms with Crippen molar-refractivity contribution < 1.29 is 9.47 Å². The summed E-state index contributed by atoms with van der Waals surface area (Å²) < 4.78 is 14.4. The van der Waals surface area contributed by atoms with Crippen LogP contribution >= 0.6 is 15.9 Å². The van der Waals surface area contributed by atoms with Crippen LogP contribution in [0.25, 0.3) is 5.82 Å². The fourth-order valence-electron chi connectivity index (χ4n) is 5.17. The van der Waals surface area contributed by atoms with Crippen molar-refractivity contribution in [3.63, 3.8) is 0 Å². The molecule has 7 nitrogen and oxygen atoms in total. The summed E-state index contributed by atoms with van der Waals surface area (Å²) >= 11 is 3.69. The number of aromatic nitrogens is 3. The predicted molar refractivity (Wildman–Crippen MR) is 138 cm³/mol. The number of halogens is 1. The third-order valence-electron chi connectivity index (χ3n) is 6.93. The van der Waals surface area contributed by atoms with E-state index in [1.807, 2.05) is 29.2 Å². The molecule has 35 heavy (non-hydrogen) atoms. The summed E-state index contributed by atoms with van der Waals surface area (Å²) in [6.07, 6.45) is 13.4. The molecule has 180 valence electrons. The Balaban J connectivity index is 1.22. The number of allylic oxidation sites excluding steroid dienone is 2. The smallest absolute Gasteiger partial charge is 0.231 e. The van der Waals surface area contributed by atoms with Crippen LogP contribution in [0.1, 0.15) is 29.7 Å². The maximum atomic E-state index is 5.75. The van der Waals surface area contributed by atoms with Crippen molar-refractivity contribution in [3.8, 4) is 11.5 Å². The third-order valence-corrected chi connectivity index (χ3v) is 7.59. The van der Waals surface area contributed by atoms with Gasteiger partial charge in [-0.25, -0.2) is 4.68 Å². The Bertz CT molecular complexity index is 1270. The van der Waals surface area contributed by atoms with Crippen molar-refractivity contribution in [2.45, 2.75) is 32.4 Å². The highest BCUT2D eigenvalue weighted by Gasteiger charge is 2.26. The van der Waals surface area contributed by atoms with E-state index in [2.05, 4.69) is 66.6 Å². The van der Waals surface area contributed by atoms with Crippen molar-refractivity contribution in [1.29, 1.82) is 0 Å². The molecule has 0 radical (unpaired) electrons. The first-order valence-electron chi connectivity index (χ1n) is 12.1. The number of para-hydroxylation sites is 1. The summed E-state index contributed by atoms with van der Waals surface area (Å²) in [5.41, 5.74) is 4.88. The molecule has 5 heterocycles. The molecule has 3 aliphatic heterocycles. The number of likely N-dealkylation sites (tertiary alicyclic amines) is 1. The first kappa shape index (κ1) is 22.4. The summed E-state index contributed by atoms with van der Waals surface area (Å²) in [6.45, 7) is 4.00. The lowest BCUT2D eigenvalue weighted by molar-refractivity contribution is 0.166. The topological polar surface area (TPSA) is 64.4 Å². The van der Waals surface area contributed by atoms with Gasteiger partial charge in [-0.1, -0.05) is 24.3 Å². The SMILES string of the molecule is Brc1cnn2c1CC=C(C1CCCN(Cc3cccc4c3OCO4)C1)C=C2NCc1cccnc1. The lowest BCUT2D eigenvalue weighted by Crippen LogP contribution is -2.35. The Labute approximate surface area is 213 Å². The molecule has 0 saturated carbocycles. The van der Waals surface area contributed by atoms with Crippen molar-refractivity contribution in [2.75, 3.05) is 19.9 Å². The standard InChI is InChI=1S/C27H28BrN5O2/c28-23-15-31-33-24(23)9-8-20(12-26(33)30-14-19-4-2-10-29-13-19)21-6-3-11-32(16-21)17-22-5-1-7-25-27(22)35-18-34-25/h1-2,4-5,7-8,10,12-13,15,21,30H,3,6,9,11,14,16-18H2. The molecule has 0 aliphatic carbocycles. The van der Waals surface area contributed by atoms with Crippen LogP contribution in [0.4, 0.5) is 0 Å². The molecule has 1 aromatic carbocycles. The molecule has 1 N–H and O–H groups in total. The number of benzene rings is 1. The second kappa shape index (κ2) is 9.87. The van der Waals surface area contributed by atoms with Crippen LogP contribution in [0.3, 0.4) is 0 Å². The van der Waals surface area contributed by atoms with Crippen LogP contribution in [-0.4, -0.2) is 39.5 Å². The molecular formula is C27H28BrN5O2. The van der Waals surface area contributed by atoms with Gasteiger partial charge in [0.2, 0.25) is 6.79 Å². The minimum atomic E-state index is 0.311. The number of hydrogen-bond acceptors (Lipinski definition) is 6. The van der Waals surface area contributed by atoms with Crippen LogP contribution in [-0.2, 0) is 19.5 Å². The second-order valence-electron chi connectivity index (χ2n) is 9.23. The van der Waals surface area contributed by atoms with Gasteiger partial charge in [-0.3, -0.25) is 9.88 Å². The normalized spacial score (nSPS) is 19.5. The monoisotopic (exact) mass is 533 g/mol. The molecule has 1 saturated heterocycles. The number of fused-ring (bicyclic) bond motifs is 2. The van der Waals surface area contributed by atoms with E-state index in [0.717, 1.165) is 59.1 Å². The van der Waals surface area contributed by atoms with Gasteiger partial charge in [-0.05, 0) is 70.6 Å². The number of hydrogen-bond donors (Lipinski definition) is 1. The van der Waals surface area contributed by atoms with Gasteiger partial charge in [0.15, 0.2) is 11.5 Å². The number of rotatable bonds is 6. The summed E-state index contributed by atoms with van der Waals surface area (Å²) in [5.74, 6) is 3.23. The molecule has 8 heteroatoms. The van der Waals surface area contributed by atoms with E-state index in [0.29, 0.717) is 19.3 Å². The highest BCUT2D eigenvalue weighted by molar-refractivity contribution is 9.10. The summed E-state index contributed by atoms with van der Waals surface area (Å²) in [7, 11) is 0. The first-order valence-corrected chi connectivity index (χ1v) is 12.9. The van der Waals surface area contributed by atoms with Gasteiger partial charge in [0.25, 0.3) is 0 Å². The molecule has 1 unspecified atom stereocenters. The first-order chi connectivity index (χ1) is 17.2. The fourth-order valence-corrected chi connectivity index (χ4v) is 5.59. The molecule has 3 aromatic rings. The van der Waals surface area contributed by atoms with Crippen molar-refractivity contribution >= 4 is 21.8 Å². The van der Waals surface area contributed by atoms with Gasteiger partial charge in [0.1, 0.15) is 5.82 Å². The zero-order valence-corrected chi connectivity index (χ0v) is 21.1. The van der Waals surface area contributed by atoms with Crippen LogP contribution in [0, 0.1) is 5.92 Å². The van der Waals surface area contributed by atoms with Crippen molar-refractivity contribution in [3.05, 3.63) is 87.9 Å². The number of piperidine rings is 1. The van der Waals surface area contributed by atoms with Crippen molar-refractivity contribution in [2.24, 2.45) is 5.92 Å². The molecule has 3 aliphatic rings. The van der Waals surface area contributed by atoms with Gasteiger partial charge in [-0.15, -0.1) is 0 Å². The Morgan fingerprint density at radius 1 is 1.14 bits per heavy atom. The number of ether oxygens (including phenoxy) is 2. The zero-order chi connectivity index (χ0) is 23.6. The summed E-state index contributed by atoms with van der Waals surface area (Å²) in [5, 5.41) is 8.26. The molecule has 1 atom stereocenters. The quantitative estimate of drug-likeness (QED) is 0.493. The maximum absolute atomic E-state index is 5.75. The molecule has 2 aromatic heterocycles. The van der Waals surface area contributed by atoms with Crippen LogP contribution in [0.2, 0.25) is 0 Å². The van der Waals surface area contributed by atoms with Gasteiger partial charge >= 0.3 is 0 Å². The minimum Gasteiger partial charge on any atom is -0.454 e. The van der Waals surface area contributed by atoms with E-state index in [4.69, 9.17) is 9.47 Å². The van der Waals surface area contributed by atoms with Crippen LogP contribution < -0.4 is 14.8 Å². The minimum absolute atomic E-state index is 0.311. The van der Waals surface area contributed by atoms with Crippen LogP contribution in [0.15, 0.2) is 71.1 Å². The third kappa shape index (κ3) is 4.73. The highest BCUT2D eigenvalue weighted by Crippen LogP contribution is 2.37.